The number of rotatable bonds is 53. The molecule has 0 aliphatic rings. The second kappa shape index (κ2) is 54.0. The van der Waals surface area contributed by atoms with Crippen LogP contribution < -0.4 is 0 Å². The zero-order valence-electron chi connectivity index (χ0n) is 42.4. The predicted molar refractivity (Wildman–Crippen MR) is 270 cm³/mol. The molecule has 0 radical (unpaired) electrons. The second-order valence-corrected chi connectivity index (χ2v) is 19.2. The molecule has 62 heavy (non-hydrogen) atoms. The van der Waals surface area contributed by atoms with Gasteiger partial charge in [-0.05, 0) is 44.9 Å². The Bertz CT molecular complexity index is 902. The molecule has 0 aromatic carbocycles. The van der Waals surface area contributed by atoms with Gasteiger partial charge in [0, 0.05) is 19.4 Å². The fraction of sp³-hybridized carbons (Fsp3) is 0.930. The summed E-state index contributed by atoms with van der Waals surface area (Å²) in [5, 5.41) is 0. The fourth-order valence-corrected chi connectivity index (χ4v) is 8.57. The van der Waals surface area contributed by atoms with E-state index < -0.39 is 6.10 Å². The summed E-state index contributed by atoms with van der Waals surface area (Å²) < 4.78 is 17.5. The highest BCUT2D eigenvalue weighted by Gasteiger charge is 2.17. The van der Waals surface area contributed by atoms with E-state index in [1.165, 1.54) is 250 Å². The lowest BCUT2D eigenvalue weighted by molar-refractivity contribution is -0.163. The smallest absolute Gasteiger partial charge is 0.306 e. The third-order valence-electron chi connectivity index (χ3n) is 12.8. The monoisotopic (exact) mass is 875 g/mol. The zero-order chi connectivity index (χ0) is 44.9. The fourth-order valence-electron chi connectivity index (χ4n) is 8.57. The summed E-state index contributed by atoms with van der Waals surface area (Å²) >= 11 is 0. The molecule has 0 amide bonds. The van der Waals surface area contributed by atoms with Crippen LogP contribution in [0.3, 0.4) is 0 Å². The largest absolute Gasteiger partial charge is 0.462 e. The molecule has 1 atom stereocenters. The third-order valence-corrected chi connectivity index (χ3v) is 12.8. The molecule has 0 N–H and O–H groups in total. The predicted octanol–water partition coefficient (Wildman–Crippen LogP) is 19.0. The van der Waals surface area contributed by atoms with Gasteiger partial charge in [-0.1, -0.05) is 270 Å². The number of hydrogen-bond acceptors (Lipinski definition) is 5. The van der Waals surface area contributed by atoms with Crippen molar-refractivity contribution in [1.82, 2.24) is 0 Å². The van der Waals surface area contributed by atoms with E-state index in [1.807, 2.05) is 0 Å². The summed E-state index contributed by atoms with van der Waals surface area (Å²) in [7, 11) is 0. The Balaban J connectivity index is 4.21. The van der Waals surface area contributed by atoms with Gasteiger partial charge in [-0.3, -0.25) is 9.59 Å². The minimum absolute atomic E-state index is 0.0935. The van der Waals surface area contributed by atoms with Crippen molar-refractivity contribution in [2.45, 2.75) is 322 Å². The van der Waals surface area contributed by atoms with Crippen LogP contribution in [0.15, 0.2) is 12.2 Å². The maximum absolute atomic E-state index is 12.8. The molecule has 0 aliphatic heterocycles. The van der Waals surface area contributed by atoms with Crippen LogP contribution in [0.25, 0.3) is 0 Å². The molecule has 0 aromatic heterocycles. The normalized spacial score (nSPS) is 12.1. The molecule has 0 unspecified atom stereocenters. The van der Waals surface area contributed by atoms with Gasteiger partial charge >= 0.3 is 11.9 Å². The molecular weight excluding hydrogens is 765 g/mol. The van der Waals surface area contributed by atoms with E-state index in [1.54, 1.807) is 0 Å². The standard InChI is InChI=1S/C57H110O5/c1-4-7-10-13-16-19-22-25-27-29-30-33-36-39-42-45-48-51-57(59)62-55(54-61-56(58)50-47-44-41-38-35-32-24-21-18-15-12-9-6-3)53-60-52-49-46-43-40-37-34-31-28-26-23-20-17-14-11-8-5-2/h25,27,55H,4-24,26,28-54H2,1-3H3/b27-25-/t55-/m1/s1. The quantitative estimate of drug-likeness (QED) is 0.0346. The SMILES string of the molecule is CCCCCCCC/C=C\CCCCCCCCCC(=O)O[C@H](COCCCCCCCCCCCCCCCCCC)COC(=O)CCCCCCCCCCCCCCC. The molecule has 0 bridgehead atoms. The van der Waals surface area contributed by atoms with Crippen molar-refractivity contribution in [2.75, 3.05) is 19.8 Å². The molecule has 5 heteroatoms. The number of carbonyl (C=O) groups is 2. The van der Waals surface area contributed by atoms with Crippen molar-refractivity contribution in [3.05, 3.63) is 12.2 Å². The molecule has 0 spiro atoms. The van der Waals surface area contributed by atoms with Crippen LogP contribution in [-0.2, 0) is 23.8 Å². The van der Waals surface area contributed by atoms with Crippen molar-refractivity contribution in [2.24, 2.45) is 0 Å². The first kappa shape index (κ1) is 60.6. The summed E-state index contributed by atoms with van der Waals surface area (Å²) in [6, 6.07) is 0. The highest BCUT2D eigenvalue weighted by molar-refractivity contribution is 5.70. The Kier molecular flexibility index (Phi) is 52.8. The van der Waals surface area contributed by atoms with Gasteiger partial charge in [0.25, 0.3) is 0 Å². The van der Waals surface area contributed by atoms with Gasteiger partial charge in [0.2, 0.25) is 0 Å². The average Bonchev–Trinajstić information content (AvgIpc) is 3.27. The van der Waals surface area contributed by atoms with E-state index >= 15 is 0 Å². The van der Waals surface area contributed by atoms with Crippen molar-refractivity contribution in [1.29, 1.82) is 0 Å². The number of unbranched alkanes of at least 4 members (excludes halogenated alkanes) is 40. The maximum Gasteiger partial charge on any atom is 0.306 e. The third kappa shape index (κ3) is 51.3. The van der Waals surface area contributed by atoms with Gasteiger partial charge in [-0.2, -0.15) is 0 Å². The van der Waals surface area contributed by atoms with E-state index in [2.05, 4.69) is 32.9 Å². The van der Waals surface area contributed by atoms with Crippen molar-refractivity contribution in [3.63, 3.8) is 0 Å². The minimum atomic E-state index is -0.529. The Morgan fingerprint density at radius 3 is 0.984 bits per heavy atom. The highest BCUT2D eigenvalue weighted by atomic mass is 16.6. The summed E-state index contributed by atoms with van der Waals surface area (Å²) in [6.45, 7) is 7.90. The summed E-state index contributed by atoms with van der Waals surface area (Å²) in [5.74, 6) is -0.377. The second-order valence-electron chi connectivity index (χ2n) is 19.2. The molecule has 0 aliphatic carbocycles. The molecular formula is C57H110O5. The Labute approximate surface area is 388 Å². The molecule has 0 saturated carbocycles. The van der Waals surface area contributed by atoms with Gasteiger partial charge in [0.15, 0.2) is 6.10 Å². The van der Waals surface area contributed by atoms with Gasteiger partial charge in [0.1, 0.15) is 6.61 Å². The van der Waals surface area contributed by atoms with Crippen LogP contribution >= 0.6 is 0 Å². The maximum atomic E-state index is 12.8. The Hall–Kier alpha value is -1.36. The Morgan fingerprint density at radius 1 is 0.339 bits per heavy atom. The lowest BCUT2D eigenvalue weighted by atomic mass is 10.0. The van der Waals surface area contributed by atoms with E-state index in [0.29, 0.717) is 26.1 Å². The van der Waals surface area contributed by atoms with E-state index in [4.69, 9.17) is 14.2 Å². The van der Waals surface area contributed by atoms with Crippen molar-refractivity contribution in [3.8, 4) is 0 Å². The lowest BCUT2D eigenvalue weighted by Crippen LogP contribution is -2.30. The van der Waals surface area contributed by atoms with E-state index in [-0.39, 0.29) is 18.5 Å². The van der Waals surface area contributed by atoms with Crippen LogP contribution in [0.1, 0.15) is 316 Å². The van der Waals surface area contributed by atoms with Crippen LogP contribution in [-0.4, -0.2) is 37.9 Å². The number of carbonyl (C=O) groups excluding carboxylic acids is 2. The van der Waals surface area contributed by atoms with Crippen molar-refractivity contribution < 1.29 is 23.8 Å². The first-order valence-corrected chi connectivity index (χ1v) is 28.2. The highest BCUT2D eigenvalue weighted by Crippen LogP contribution is 2.17. The summed E-state index contributed by atoms with van der Waals surface area (Å²) in [6.07, 6.45) is 62.2. The molecule has 0 heterocycles. The van der Waals surface area contributed by atoms with Gasteiger partial charge in [-0.15, -0.1) is 0 Å². The first-order valence-electron chi connectivity index (χ1n) is 28.2. The molecule has 5 nitrogen and oxygen atoms in total. The van der Waals surface area contributed by atoms with Crippen LogP contribution in [0.4, 0.5) is 0 Å². The molecule has 368 valence electrons. The van der Waals surface area contributed by atoms with Crippen LogP contribution in [0.5, 0.6) is 0 Å². The molecule has 0 aromatic rings. The number of esters is 2. The first-order chi connectivity index (χ1) is 30.6. The number of ether oxygens (including phenoxy) is 3. The minimum Gasteiger partial charge on any atom is -0.462 e. The van der Waals surface area contributed by atoms with Crippen molar-refractivity contribution >= 4 is 11.9 Å². The van der Waals surface area contributed by atoms with E-state index in [9.17, 15) is 9.59 Å². The van der Waals surface area contributed by atoms with Gasteiger partial charge < -0.3 is 14.2 Å². The molecule has 0 fully saturated rings. The Morgan fingerprint density at radius 2 is 0.629 bits per heavy atom. The topological polar surface area (TPSA) is 61.8 Å². The number of hydrogen-bond donors (Lipinski definition) is 0. The zero-order valence-corrected chi connectivity index (χ0v) is 42.4. The summed E-state index contributed by atoms with van der Waals surface area (Å²) in [5.41, 5.74) is 0. The molecule has 0 rings (SSSR count). The van der Waals surface area contributed by atoms with Crippen LogP contribution in [0.2, 0.25) is 0 Å². The average molecular weight is 876 g/mol. The lowest BCUT2D eigenvalue weighted by Gasteiger charge is -2.18. The van der Waals surface area contributed by atoms with Gasteiger partial charge in [0.05, 0.1) is 6.61 Å². The summed E-state index contributed by atoms with van der Waals surface area (Å²) in [4.78, 5) is 25.5. The molecule has 0 saturated heterocycles. The number of allylic oxidation sites excluding steroid dienone is 2. The van der Waals surface area contributed by atoms with E-state index in [0.717, 1.165) is 32.1 Å². The van der Waals surface area contributed by atoms with Crippen LogP contribution in [0, 0.1) is 0 Å². The van der Waals surface area contributed by atoms with Gasteiger partial charge in [-0.25, -0.2) is 0 Å².